The Hall–Kier alpha value is -1.10. The third kappa shape index (κ3) is 5.17. The lowest BCUT2D eigenvalue weighted by molar-refractivity contribution is -0.141. The Morgan fingerprint density at radius 3 is 2.59 bits per heavy atom. The second kappa shape index (κ2) is 7.27. The maximum Gasteiger partial charge on any atom is 0.325 e. The van der Waals surface area contributed by atoms with Gasteiger partial charge in [0.25, 0.3) is 0 Å². The lowest BCUT2D eigenvalue weighted by Crippen LogP contribution is -2.43. The summed E-state index contributed by atoms with van der Waals surface area (Å²) in [5, 5.41) is 2.48. The molecule has 1 saturated carbocycles. The second-order valence-electron chi connectivity index (χ2n) is 4.64. The van der Waals surface area contributed by atoms with Crippen LogP contribution in [-0.4, -0.2) is 31.6 Å². The number of hydrogen-bond acceptors (Lipinski definition) is 4. The van der Waals surface area contributed by atoms with Crippen molar-refractivity contribution >= 4 is 11.9 Å². The fourth-order valence-corrected chi connectivity index (χ4v) is 2.25. The molecule has 5 nitrogen and oxygen atoms in total. The van der Waals surface area contributed by atoms with Crippen molar-refractivity contribution in [2.24, 2.45) is 11.7 Å². The van der Waals surface area contributed by atoms with E-state index in [1.165, 1.54) is 26.4 Å². The van der Waals surface area contributed by atoms with Crippen molar-refractivity contribution in [1.29, 1.82) is 0 Å². The van der Waals surface area contributed by atoms with Crippen LogP contribution < -0.4 is 11.1 Å². The van der Waals surface area contributed by atoms with Crippen molar-refractivity contribution in [3.05, 3.63) is 0 Å². The number of methoxy groups -OCH3 is 1. The molecule has 1 amide bonds. The first kappa shape index (κ1) is 14.0. The molecular formula is C12H22N2O3. The van der Waals surface area contributed by atoms with Gasteiger partial charge in [0.15, 0.2) is 0 Å². The van der Waals surface area contributed by atoms with Gasteiger partial charge < -0.3 is 15.8 Å². The minimum Gasteiger partial charge on any atom is -0.468 e. The normalized spacial score (nSPS) is 18.5. The number of amides is 1. The SMILES string of the molecule is COC(=O)CNC(=O)C(N)CC1CCCCC1. The Labute approximate surface area is 102 Å². The maximum atomic E-state index is 11.6. The highest BCUT2D eigenvalue weighted by Gasteiger charge is 2.21. The molecule has 0 aliphatic heterocycles. The number of ether oxygens (including phenoxy) is 1. The zero-order valence-electron chi connectivity index (χ0n) is 10.4. The van der Waals surface area contributed by atoms with Gasteiger partial charge in [-0.25, -0.2) is 0 Å². The number of rotatable bonds is 5. The molecule has 0 bridgehead atoms. The summed E-state index contributed by atoms with van der Waals surface area (Å²) in [5.74, 6) is -0.160. The van der Waals surface area contributed by atoms with Crippen LogP contribution in [0.3, 0.4) is 0 Å². The molecule has 98 valence electrons. The quantitative estimate of drug-likeness (QED) is 0.691. The standard InChI is InChI=1S/C12H22N2O3/c1-17-11(15)8-14-12(16)10(13)7-9-5-3-2-4-6-9/h9-10H,2-8,13H2,1H3,(H,14,16). The highest BCUT2D eigenvalue weighted by atomic mass is 16.5. The molecule has 0 aromatic rings. The van der Waals surface area contributed by atoms with Crippen LogP contribution in [-0.2, 0) is 14.3 Å². The van der Waals surface area contributed by atoms with Gasteiger partial charge in [0, 0.05) is 0 Å². The van der Waals surface area contributed by atoms with Crippen LogP contribution in [0.25, 0.3) is 0 Å². The predicted molar refractivity (Wildman–Crippen MR) is 64.2 cm³/mol. The van der Waals surface area contributed by atoms with Crippen molar-refractivity contribution in [1.82, 2.24) is 5.32 Å². The molecule has 1 aliphatic rings. The molecule has 0 aromatic carbocycles. The Morgan fingerprint density at radius 2 is 2.00 bits per heavy atom. The van der Waals surface area contributed by atoms with E-state index in [-0.39, 0.29) is 12.5 Å². The predicted octanol–water partition coefficient (Wildman–Crippen LogP) is 0.573. The first-order valence-electron chi connectivity index (χ1n) is 6.23. The van der Waals surface area contributed by atoms with Crippen LogP contribution in [0, 0.1) is 5.92 Å². The lowest BCUT2D eigenvalue weighted by Gasteiger charge is -2.23. The number of nitrogens with one attached hydrogen (secondary N) is 1. The Balaban J connectivity index is 2.23. The van der Waals surface area contributed by atoms with E-state index in [0.717, 1.165) is 12.8 Å². The van der Waals surface area contributed by atoms with E-state index < -0.39 is 12.0 Å². The molecule has 3 N–H and O–H groups in total. The monoisotopic (exact) mass is 242 g/mol. The van der Waals surface area contributed by atoms with Gasteiger partial charge in [0.05, 0.1) is 13.2 Å². The number of esters is 1. The van der Waals surface area contributed by atoms with Crippen molar-refractivity contribution in [2.45, 2.75) is 44.6 Å². The van der Waals surface area contributed by atoms with Crippen LogP contribution in [0.15, 0.2) is 0 Å². The van der Waals surface area contributed by atoms with Crippen molar-refractivity contribution in [2.75, 3.05) is 13.7 Å². The molecule has 17 heavy (non-hydrogen) atoms. The summed E-state index contributed by atoms with van der Waals surface area (Å²) in [7, 11) is 1.29. The average Bonchev–Trinajstić information content (AvgIpc) is 2.36. The highest BCUT2D eigenvalue weighted by molar-refractivity contribution is 5.85. The average molecular weight is 242 g/mol. The first-order chi connectivity index (χ1) is 8.13. The van der Waals surface area contributed by atoms with Gasteiger partial charge in [0.2, 0.25) is 5.91 Å². The van der Waals surface area contributed by atoms with Gasteiger partial charge in [-0.05, 0) is 12.3 Å². The number of hydrogen-bond donors (Lipinski definition) is 2. The largest absolute Gasteiger partial charge is 0.468 e. The molecule has 1 unspecified atom stereocenters. The van der Waals surface area contributed by atoms with Gasteiger partial charge in [-0.3, -0.25) is 9.59 Å². The molecule has 0 spiro atoms. The Morgan fingerprint density at radius 1 is 1.35 bits per heavy atom. The smallest absolute Gasteiger partial charge is 0.325 e. The Kier molecular flexibility index (Phi) is 5.97. The van der Waals surface area contributed by atoms with Crippen LogP contribution >= 0.6 is 0 Å². The van der Waals surface area contributed by atoms with E-state index >= 15 is 0 Å². The molecule has 1 fully saturated rings. The molecule has 0 radical (unpaired) electrons. The van der Waals surface area contributed by atoms with Gasteiger partial charge in [-0.15, -0.1) is 0 Å². The molecule has 0 saturated heterocycles. The van der Waals surface area contributed by atoms with E-state index in [2.05, 4.69) is 10.1 Å². The summed E-state index contributed by atoms with van der Waals surface area (Å²) >= 11 is 0. The van der Waals surface area contributed by atoms with Crippen molar-refractivity contribution in [3.63, 3.8) is 0 Å². The molecular weight excluding hydrogens is 220 g/mol. The first-order valence-corrected chi connectivity index (χ1v) is 6.23. The zero-order valence-corrected chi connectivity index (χ0v) is 10.4. The summed E-state index contributed by atoms with van der Waals surface area (Å²) in [6.07, 6.45) is 6.81. The summed E-state index contributed by atoms with van der Waals surface area (Å²) in [4.78, 5) is 22.4. The Bertz CT molecular complexity index is 262. The van der Waals surface area contributed by atoms with E-state index in [0.29, 0.717) is 12.3 Å². The van der Waals surface area contributed by atoms with E-state index in [1.807, 2.05) is 0 Å². The minimum absolute atomic E-state index is 0.103. The summed E-state index contributed by atoms with van der Waals surface area (Å²) in [6, 6.07) is -0.511. The van der Waals surface area contributed by atoms with Gasteiger partial charge in [-0.1, -0.05) is 32.1 Å². The molecule has 1 aliphatic carbocycles. The van der Waals surface area contributed by atoms with Crippen LogP contribution in [0.4, 0.5) is 0 Å². The van der Waals surface area contributed by atoms with Gasteiger partial charge in [-0.2, -0.15) is 0 Å². The second-order valence-corrected chi connectivity index (χ2v) is 4.64. The van der Waals surface area contributed by atoms with E-state index in [1.54, 1.807) is 0 Å². The van der Waals surface area contributed by atoms with Crippen LogP contribution in [0.1, 0.15) is 38.5 Å². The minimum atomic E-state index is -0.511. The van der Waals surface area contributed by atoms with Crippen molar-refractivity contribution < 1.29 is 14.3 Å². The van der Waals surface area contributed by atoms with E-state index in [4.69, 9.17) is 5.73 Å². The summed E-state index contributed by atoms with van der Waals surface area (Å²) in [5.41, 5.74) is 5.81. The third-order valence-corrected chi connectivity index (χ3v) is 3.28. The fraction of sp³-hybridized carbons (Fsp3) is 0.833. The van der Waals surface area contributed by atoms with Gasteiger partial charge in [0.1, 0.15) is 6.54 Å². The summed E-state index contributed by atoms with van der Waals surface area (Å²) in [6.45, 7) is -0.103. The fourth-order valence-electron chi connectivity index (χ4n) is 2.25. The van der Waals surface area contributed by atoms with Crippen molar-refractivity contribution in [3.8, 4) is 0 Å². The lowest BCUT2D eigenvalue weighted by atomic mass is 9.85. The van der Waals surface area contributed by atoms with Gasteiger partial charge >= 0.3 is 5.97 Å². The third-order valence-electron chi connectivity index (χ3n) is 3.28. The number of carbonyl (C=O) groups is 2. The number of carbonyl (C=O) groups excluding carboxylic acids is 2. The highest BCUT2D eigenvalue weighted by Crippen LogP contribution is 2.26. The molecule has 1 atom stereocenters. The zero-order chi connectivity index (χ0) is 12.7. The molecule has 5 heteroatoms. The maximum absolute atomic E-state index is 11.6. The number of nitrogens with two attached hydrogens (primary N) is 1. The summed E-state index contributed by atoms with van der Waals surface area (Å²) < 4.78 is 4.44. The van der Waals surface area contributed by atoms with Crippen LogP contribution in [0.5, 0.6) is 0 Å². The molecule has 0 aromatic heterocycles. The molecule has 0 heterocycles. The topological polar surface area (TPSA) is 81.4 Å². The molecule has 1 rings (SSSR count). The van der Waals surface area contributed by atoms with Crippen LogP contribution in [0.2, 0.25) is 0 Å². The van der Waals surface area contributed by atoms with E-state index in [9.17, 15) is 9.59 Å².